The largest absolute Gasteiger partial charge is 0.354 e. The standard InChI is InChI=1S/C16H23N3O2/c1-18(2)11-9-17-15(20)12-16(21)19-10-5-7-13-6-3-4-8-14(13)19/h3-4,6,8H,5,7,9-12H2,1-2H3,(H,17,20). The van der Waals surface area contributed by atoms with Gasteiger partial charge in [-0.15, -0.1) is 0 Å². The molecule has 1 aliphatic rings. The van der Waals surface area contributed by atoms with Gasteiger partial charge in [-0.2, -0.15) is 0 Å². The Balaban J connectivity index is 1.91. The molecule has 1 N–H and O–H groups in total. The van der Waals surface area contributed by atoms with Crippen LogP contribution in [0.4, 0.5) is 5.69 Å². The van der Waals surface area contributed by atoms with Crippen molar-refractivity contribution in [1.29, 1.82) is 0 Å². The summed E-state index contributed by atoms with van der Waals surface area (Å²) in [5, 5.41) is 2.78. The molecule has 1 aromatic rings. The number of hydrogen-bond donors (Lipinski definition) is 1. The molecule has 0 atom stereocenters. The number of carbonyl (C=O) groups is 2. The van der Waals surface area contributed by atoms with Gasteiger partial charge in [-0.3, -0.25) is 9.59 Å². The first kappa shape index (κ1) is 15.5. The molecule has 5 heteroatoms. The number of anilines is 1. The number of likely N-dealkylation sites (N-methyl/N-ethyl adjacent to an activating group) is 1. The maximum absolute atomic E-state index is 12.3. The number of hydrogen-bond acceptors (Lipinski definition) is 3. The third kappa shape index (κ3) is 4.29. The minimum absolute atomic E-state index is 0.0816. The molecule has 0 aliphatic carbocycles. The Kier molecular flexibility index (Phi) is 5.33. The second kappa shape index (κ2) is 7.22. The van der Waals surface area contributed by atoms with Crippen molar-refractivity contribution < 1.29 is 9.59 Å². The second-order valence-electron chi connectivity index (χ2n) is 5.61. The van der Waals surface area contributed by atoms with Crippen molar-refractivity contribution in [3.63, 3.8) is 0 Å². The summed E-state index contributed by atoms with van der Waals surface area (Å²) in [6.07, 6.45) is 1.86. The van der Waals surface area contributed by atoms with E-state index in [-0.39, 0.29) is 18.2 Å². The minimum Gasteiger partial charge on any atom is -0.354 e. The number of nitrogens with zero attached hydrogens (tertiary/aromatic N) is 2. The van der Waals surface area contributed by atoms with E-state index in [1.54, 1.807) is 4.90 Å². The van der Waals surface area contributed by atoms with Gasteiger partial charge in [-0.25, -0.2) is 0 Å². The van der Waals surface area contributed by atoms with Crippen molar-refractivity contribution >= 4 is 17.5 Å². The van der Waals surface area contributed by atoms with Gasteiger partial charge in [0.15, 0.2) is 0 Å². The first-order chi connectivity index (χ1) is 10.1. The van der Waals surface area contributed by atoms with Crippen LogP contribution in [-0.4, -0.2) is 50.4 Å². The van der Waals surface area contributed by atoms with Crippen molar-refractivity contribution in [1.82, 2.24) is 10.2 Å². The summed E-state index contributed by atoms with van der Waals surface area (Å²) < 4.78 is 0. The average molecular weight is 289 g/mol. The van der Waals surface area contributed by atoms with Crippen molar-refractivity contribution in [3.8, 4) is 0 Å². The van der Waals surface area contributed by atoms with Crippen LogP contribution in [0.5, 0.6) is 0 Å². The predicted octanol–water partition coefficient (Wildman–Crippen LogP) is 1.03. The van der Waals surface area contributed by atoms with E-state index in [0.717, 1.165) is 25.1 Å². The van der Waals surface area contributed by atoms with Crippen LogP contribution in [-0.2, 0) is 16.0 Å². The summed E-state index contributed by atoms with van der Waals surface area (Å²) in [5.74, 6) is -0.325. The lowest BCUT2D eigenvalue weighted by Gasteiger charge is -2.29. The quantitative estimate of drug-likeness (QED) is 0.824. The fraction of sp³-hybridized carbons (Fsp3) is 0.500. The number of benzene rings is 1. The zero-order valence-corrected chi connectivity index (χ0v) is 12.8. The maximum atomic E-state index is 12.3. The molecule has 0 saturated carbocycles. The molecule has 0 unspecified atom stereocenters. The van der Waals surface area contributed by atoms with Gasteiger partial charge in [0.05, 0.1) is 0 Å². The monoisotopic (exact) mass is 289 g/mol. The second-order valence-corrected chi connectivity index (χ2v) is 5.61. The molecule has 0 spiro atoms. The molecular formula is C16H23N3O2. The maximum Gasteiger partial charge on any atom is 0.236 e. The summed E-state index contributed by atoms with van der Waals surface area (Å²) in [7, 11) is 3.89. The van der Waals surface area contributed by atoms with E-state index in [0.29, 0.717) is 13.1 Å². The molecule has 1 heterocycles. The number of nitrogens with one attached hydrogen (secondary N) is 1. The molecule has 0 saturated heterocycles. The molecule has 5 nitrogen and oxygen atoms in total. The van der Waals surface area contributed by atoms with Crippen molar-refractivity contribution in [3.05, 3.63) is 29.8 Å². The first-order valence-corrected chi connectivity index (χ1v) is 7.37. The number of carbonyl (C=O) groups excluding carboxylic acids is 2. The van der Waals surface area contributed by atoms with Gasteiger partial charge in [0.25, 0.3) is 0 Å². The van der Waals surface area contributed by atoms with E-state index in [4.69, 9.17) is 0 Å². The van der Waals surface area contributed by atoms with Crippen molar-refractivity contribution in [2.24, 2.45) is 0 Å². The number of rotatable bonds is 5. The van der Waals surface area contributed by atoms with Gasteiger partial charge in [0.2, 0.25) is 11.8 Å². The van der Waals surface area contributed by atoms with Crippen LogP contribution in [0.2, 0.25) is 0 Å². The summed E-state index contributed by atoms with van der Waals surface area (Å²) in [6.45, 7) is 2.03. The van der Waals surface area contributed by atoms with Crippen LogP contribution in [0.3, 0.4) is 0 Å². The lowest BCUT2D eigenvalue weighted by atomic mass is 10.0. The van der Waals surface area contributed by atoms with Crippen LogP contribution in [0, 0.1) is 0 Å². The molecule has 114 valence electrons. The fourth-order valence-corrected chi connectivity index (χ4v) is 2.51. The van der Waals surface area contributed by atoms with E-state index in [1.165, 1.54) is 5.56 Å². The highest BCUT2D eigenvalue weighted by atomic mass is 16.2. The van der Waals surface area contributed by atoms with Gasteiger partial charge in [0, 0.05) is 25.3 Å². The number of para-hydroxylation sites is 1. The molecule has 2 rings (SSSR count). The third-order valence-electron chi connectivity index (χ3n) is 3.60. The van der Waals surface area contributed by atoms with Gasteiger partial charge in [-0.05, 0) is 38.6 Å². The Morgan fingerprint density at radius 3 is 2.81 bits per heavy atom. The lowest BCUT2D eigenvalue weighted by Crippen LogP contribution is -2.39. The third-order valence-corrected chi connectivity index (χ3v) is 3.60. The zero-order valence-electron chi connectivity index (χ0n) is 12.8. The first-order valence-electron chi connectivity index (χ1n) is 7.37. The smallest absolute Gasteiger partial charge is 0.236 e. The Morgan fingerprint density at radius 1 is 1.29 bits per heavy atom. The fourth-order valence-electron chi connectivity index (χ4n) is 2.51. The number of fused-ring (bicyclic) bond motifs is 1. The molecule has 0 bridgehead atoms. The molecule has 2 amide bonds. The molecule has 21 heavy (non-hydrogen) atoms. The Hall–Kier alpha value is -1.88. The van der Waals surface area contributed by atoms with Crippen molar-refractivity contribution in [2.45, 2.75) is 19.3 Å². The van der Waals surface area contributed by atoms with E-state index < -0.39 is 0 Å². The normalized spacial score (nSPS) is 14.0. The predicted molar refractivity (Wildman–Crippen MR) is 83.3 cm³/mol. The highest BCUT2D eigenvalue weighted by molar-refractivity contribution is 6.05. The SMILES string of the molecule is CN(C)CCNC(=O)CC(=O)N1CCCc2ccccc21. The van der Waals surface area contributed by atoms with Gasteiger partial charge >= 0.3 is 0 Å². The van der Waals surface area contributed by atoms with Crippen LogP contribution in [0.15, 0.2) is 24.3 Å². The topological polar surface area (TPSA) is 52.7 Å². The Morgan fingerprint density at radius 2 is 2.05 bits per heavy atom. The molecule has 0 radical (unpaired) electrons. The highest BCUT2D eigenvalue weighted by Crippen LogP contribution is 2.27. The van der Waals surface area contributed by atoms with E-state index in [9.17, 15) is 9.59 Å². The molecular weight excluding hydrogens is 266 g/mol. The van der Waals surface area contributed by atoms with E-state index >= 15 is 0 Å². The van der Waals surface area contributed by atoms with Gasteiger partial charge in [-0.1, -0.05) is 18.2 Å². The van der Waals surface area contributed by atoms with Gasteiger partial charge < -0.3 is 15.1 Å². The van der Waals surface area contributed by atoms with Crippen LogP contribution >= 0.6 is 0 Å². The van der Waals surface area contributed by atoms with Crippen LogP contribution in [0.1, 0.15) is 18.4 Å². The molecule has 0 aromatic heterocycles. The average Bonchev–Trinajstić information content (AvgIpc) is 2.46. The zero-order chi connectivity index (χ0) is 15.2. The summed E-state index contributed by atoms with van der Waals surface area (Å²) in [6, 6.07) is 7.92. The highest BCUT2D eigenvalue weighted by Gasteiger charge is 2.23. The molecule has 1 aliphatic heterocycles. The molecule has 0 fully saturated rings. The minimum atomic E-state index is -0.204. The Labute approximate surface area is 125 Å². The van der Waals surface area contributed by atoms with E-state index in [1.807, 2.05) is 43.3 Å². The Bertz CT molecular complexity index is 514. The number of amides is 2. The van der Waals surface area contributed by atoms with Crippen LogP contribution in [0.25, 0.3) is 0 Å². The van der Waals surface area contributed by atoms with Crippen LogP contribution < -0.4 is 10.2 Å². The summed E-state index contributed by atoms with van der Waals surface area (Å²) >= 11 is 0. The summed E-state index contributed by atoms with van der Waals surface area (Å²) in [4.78, 5) is 27.9. The van der Waals surface area contributed by atoms with Crippen molar-refractivity contribution in [2.75, 3.05) is 38.6 Å². The van der Waals surface area contributed by atoms with Gasteiger partial charge in [0.1, 0.15) is 6.42 Å². The summed E-state index contributed by atoms with van der Waals surface area (Å²) in [5.41, 5.74) is 2.14. The number of aryl methyl sites for hydroxylation is 1. The van der Waals surface area contributed by atoms with E-state index in [2.05, 4.69) is 5.32 Å². The molecule has 1 aromatic carbocycles. The lowest BCUT2D eigenvalue weighted by molar-refractivity contribution is -0.128.